The summed E-state index contributed by atoms with van der Waals surface area (Å²) in [5.41, 5.74) is -1.85. The van der Waals surface area contributed by atoms with E-state index >= 15 is 17.6 Å². The zero-order chi connectivity index (χ0) is 72.8. The molecule has 0 bridgehead atoms. The Hall–Kier alpha value is -7.53. The number of nitrogens with zero attached hydrogens (tertiary/aromatic N) is 4. The average molecular weight is 1440 g/mol. The van der Waals surface area contributed by atoms with Crippen LogP contribution in [-0.2, 0) is 43.2 Å². The van der Waals surface area contributed by atoms with Crippen LogP contribution in [0.15, 0.2) is 24.8 Å². The van der Waals surface area contributed by atoms with E-state index in [9.17, 15) is 57.8 Å². The molecule has 2 aromatic rings. The molecule has 10 amide bonds. The second-order valence-corrected chi connectivity index (χ2v) is 31.3. The summed E-state index contributed by atoms with van der Waals surface area (Å²) in [7, 11) is 0. The highest BCUT2D eigenvalue weighted by Gasteiger charge is 2.64. The number of rotatable bonds is 26. The second-order valence-electron chi connectivity index (χ2n) is 31.3. The Bertz CT molecular complexity index is 3250. The number of aromatic amines is 2. The molecular formula is C72H112F4N14O12. The van der Waals surface area contributed by atoms with Gasteiger partial charge in [-0.3, -0.25) is 52.7 Å². The Morgan fingerprint density at radius 2 is 0.941 bits per heavy atom. The third kappa shape index (κ3) is 19.6. The number of alkyl halides is 4. The first-order valence-electron chi connectivity index (χ1n) is 36.3. The lowest BCUT2D eigenvalue weighted by molar-refractivity contribution is -0.146. The van der Waals surface area contributed by atoms with E-state index in [-0.39, 0.29) is 82.6 Å². The number of aliphatic hydroxyl groups excluding tert-OH is 1. The van der Waals surface area contributed by atoms with Crippen molar-refractivity contribution in [3.63, 3.8) is 0 Å². The Kier molecular flexibility index (Phi) is 27.6. The van der Waals surface area contributed by atoms with Crippen molar-refractivity contribution in [2.75, 3.05) is 13.1 Å². The lowest BCUT2D eigenvalue weighted by atomic mass is 9.82. The smallest absolute Gasteiger partial charge is 0.289 e. The van der Waals surface area contributed by atoms with Gasteiger partial charge in [0, 0.05) is 74.6 Å². The van der Waals surface area contributed by atoms with Gasteiger partial charge in [-0.05, 0) is 112 Å². The van der Waals surface area contributed by atoms with Crippen LogP contribution in [-0.4, -0.2) is 191 Å². The molecule has 0 radical (unpaired) electrons. The number of carbonyl (C=O) groups is 11. The molecule has 11 N–H and O–H groups in total. The van der Waals surface area contributed by atoms with Crippen LogP contribution in [0.4, 0.5) is 17.6 Å². The number of aliphatic hydroxyl groups is 1. The van der Waals surface area contributed by atoms with E-state index in [1.165, 1.54) is 24.8 Å². The topological polar surface area (TPSA) is 368 Å². The molecular weight excluding hydrogens is 1330 g/mol. The van der Waals surface area contributed by atoms with Gasteiger partial charge in [0.1, 0.15) is 36.3 Å². The van der Waals surface area contributed by atoms with Crippen LogP contribution in [0.3, 0.4) is 0 Å². The third-order valence-electron chi connectivity index (χ3n) is 21.6. The van der Waals surface area contributed by atoms with Gasteiger partial charge >= 0.3 is 0 Å². The summed E-state index contributed by atoms with van der Waals surface area (Å²) in [6.45, 7) is 13.2. The van der Waals surface area contributed by atoms with E-state index in [1.54, 1.807) is 48.5 Å². The molecule has 4 heterocycles. The van der Waals surface area contributed by atoms with Crippen LogP contribution >= 0.6 is 0 Å². The molecule has 2 saturated heterocycles. The van der Waals surface area contributed by atoms with Crippen LogP contribution < -0.4 is 42.5 Å². The summed E-state index contributed by atoms with van der Waals surface area (Å²) in [5.74, 6) is -18.3. The maximum Gasteiger partial charge on any atom is 0.289 e. The fourth-order valence-electron chi connectivity index (χ4n) is 15.7. The van der Waals surface area contributed by atoms with Gasteiger partial charge in [-0.25, -0.2) is 27.5 Å². The molecule has 570 valence electrons. The number of imidazole rings is 2. The molecule has 102 heavy (non-hydrogen) atoms. The number of ketones is 1. The number of fused-ring (bicyclic) bond motifs is 2. The van der Waals surface area contributed by atoms with Crippen molar-refractivity contribution >= 4 is 64.9 Å². The van der Waals surface area contributed by atoms with Gasteiger partial charge in [0.25, 0.3) is 35.5 Å². The molecule has 8 aliphatic rings. The van der Waals surface area contributed by atoms with Gasteiger partial charge in [0.05, 0.1) is 12.1 Å². The lowest BCUT2D eigenvalue weighted by Gasteiger charge is -2.38. The molecule has 30 heteroatoms. The zero-order valence-corrected chi connectivity index (χ0v) is 58.8. The number of likely N-dealkylation sites (tertiary alicyclic amines) is 2. The van der Waals surface area contributed by atoms with Gasteiger partial charge in [-0.2, -0.15) is 0 Å². The van der Waals surface area contributed by atoms with Crippen LogP contribution in [0, 0.1) is 46.3 Å². The number of hydrogen-bond donors (Lipinski definition) is 11. The molecule has 13 atom stereocenters. The third-order valence-corrected chi connectivity index (χ3v) is 21.6. The summed E-state index contributed by atoms with van der Waals surface area (Å²) in [4.78, 5) is 166. The SMILES string of the molecule is C.C.CCC[C@H](NC(=O)[C@@H]1[C@H]2CCC(F)(F)[C@H]2CN1C(=O)[C@@H](NC(=O)[C@@H](NC(=O)c1ncc[nH]1)C1CCCCC1)C(C)(C)C)C(=O)C(=O)NC1CC1.CCC[C@H](NC(=O)[C@@H]1[C@H]2CCC(F)(F)[C@H]2CN1C(=O)[C@@H](NC(=O)[C@@H](NC(=O)c1ncc[nH]1)C1CCCCC1)C(C)(C)C)C(O)C(=O)NC1CC1. The Balaban J connectivity index is 0.000000280. The molecule has 2 aromatic heterocycles. The van der Waals surface area contributed by atoms with Crippen LogP contribution in [0.25, 0.3) is 0 Å². The van der Waals surface area contributed by atoms with Crippen LogP contribution in [0.1, 0.15) is 233 Å². The van der Waals surface area contributed by atoms with Crippen LogP contribution in [0.2, 0.25) is 0 Å². The number of H-pyrrole nitrogens is 2. The minimum Gasteiger partial charge on any atom is -0.381 e. The number of halogens is 4. The highest BCUT2D eigenvalue weighted by Crippen LogP contribution is 2.53. The normalized spacial score (nSPS) is 25.0. The van der Waals surface area contributed by atoms with Gasteiger partial charge in [-0.15, -0.1) is 0 Å². The second kappa shape index (κ2) is 34.4. The first kappa shape index (κ1) is 81.8. The quantitative estimate of drug-likeness (QED) is 0.0363. The minimum absolute atomic E-state index is 0. The minimum atomic E-state index is -3.12. The Morgan fingerprint density at radius 3 is 1.31 bits per heavy atom. The van der Waals surface area contributed by atoms with E-state index in [0.29, 0.717) is 38.5 Å². The van der Waals surface area contributed by atoms with E-state index in [0.717, 1.165) is 74.0 Å². The van der Waals surface area contributed by atoms with E-state index in [4.69, 9.17) is 0 Å². The average Bonchev–Trinajstić information content (AvgIpc) is 1.59. The maximum atomic E-state index is 15.2. The predicted octanol–water partition coefficient (Wildman–Crippen LogP) is 6.31. The number of Topliss-reactive ketones (excluding diaryl/α,β-unsaturated/α-hetero) is 1. The molecule has 8 fully saturated rings. The fourth-order valence-corrected chi connectivity index (χ4v) is 15.7. The summed E-state index contributed by atoms with van der Waals surface area (Å²) in [5, 5.41) is 32.9. The van der Waals surface area contributed by atoms with E-state index in [2.05, 4.69) is 62.5 Å². The highest BCUT2D eigenvalue weighted by molar-refractivity contribution is 6.38. The van der Waals surface area contributed by atoms with Crippen molar-refractivity contribution in [1.29, 1.82) is 0 Å². The van der Waals surface area contributed by atoms with E-state index < -0.39 is 185 Å². The number of hydrogen-bond acceptors (Lipinski definition) is 14. The van der Waals surface area contributed by atoms with Crippen molar-refractivity contribution in [3.05, 3.63) is 36.4 Å². The summed E-state index contributed by atoms with van der Waals surface area (Å²) < 4.78 is 60.9. The number of carbonyl (C=O) groups excluding carboxylic acids is 11. The first-order chi connectivity index (χ1) is 47.2. The van der Waals surface area contributed by atoms with Crippen molar-refractivity contribution in [2.24, 2.45) is 46.3 Å². The standard InChI is InChI=1S/C35H53F2N7O6.C35H51F2N7O6.2CH4/c2*1-5-9-23(26(45)31(48)40-20-12-13-20)41-30(47)25-21-14-15-35(36,37)22(21)18-44(25)33(50)27(34(2,3)4)43-29(46)24(19-10-7-6-8-11-19)42-32(49)28-38-16-17-39-28;;/h16-17,19-27,45H,5-15,18H2,1-4H3,(H,38,39)(H,40,48)(H,41,47)(H,42,49)(H,43,46);16-17,19-25,27H,5-15,18H2,1-4H3,(H,38,39)(H,40,48)(H,41,47)(H,42,49)(H,43,46);2*1H4/t21-,22-,23-,24-,25-,26?,27+;21-,22-,23-,24-,25-,27+;;/m00../s1. The fraction of sp³-hybridized carbons (Fsp3) is 0.764. The summed E-state index contributed by atoms with van der Waals surface area (Å²) in [6.07, 6.45) is 16.2. The Labute approximate surface area is 596 Å². The molecule has 6 saturated carbocycles. The van der Waals surface area contributed by atoms with Gasteiger partial charge < -0.3 is 67.4 Å². The van der Waals surface area contributed by atoms with E-state index in [1.807, 2.05) is 6.92 Å². The molecule has 0 aromatic carbocycles. The van der Waals surface area contributed by atoms with Crippen molar-refractivity contribution in [3.8, 4) is 0 Å². The first-order valence-corrected chi connectivity index (χ1v) is 36.3. The highest BCUT2D eigenvalue weighted by atomic mass is 19.3. The molecule has 26 nitrogen and oxygen atoms in total. The largest absolute Gasteiger partial charge is 0.381 e. The van der Waals surface area contributed by atoms with Crippen molar-refractivity contribution < 1.29 is 75.4 Å². The number of nitrogens with one attached hydrogen (secondary N) is 10. The summed E-state index contributed by atoms with van der Waals surface area (Å²) in [6, 6.07) is -9.35. The summed E-state index contributed by atoms with van der Waals surface area (Å²) >= 11 is 0. The Morgan fingerprint density at radius 1 is 0.539 bits per heavy atom. The molecule has 0 spiro atoms. The monoisotopic (exact) mass is 1440 g/mol. The van der Waals surface area contributed by atoms with Crippen LogP contribution in [0.5, 0.6) is 0 Å². The van der Waals surface area contributed by atoms with Gasteiger partial charge in [0.15, 0.2) is 17.8 Å². The van der Waals surface area contributed by atoms with Crippen molar-refractivity contribution in [1.82, 2.24) is 72.3 Å². The molecule has 2 aliphatic heterocycles. The zero-order valence-electron chi connectivity index (χ0n) is 58.8. The van der Waals surface area contributed by atoms with Gasteiger partial charge in [-0.1, -0.05) is 122 Å². The molecule has 10 rings (SSSR count). The molecule has 1 unspecified atom stereocenters. The molecule has 6 aliphatic carbocycles. The maximum absolute atomic E-state index is 15.2. The number of aromatic nitrogens is 4. The number of amides is 10. The predicted molar refractivity (Wildman–Crippen MR) is 369 cm³/mol. The van der Waals surface area contributed by atoms with Crippen molar-refractivity contribution in [2.45, 2.75) is 290 Å². The lowest BCUT2D eigenvalue weighted by Crippen LogP contribution is -2.62. The van der Waals surface area contributed by atoms with Gasteiger partial charge in [0.2, 0.25) is 41.2 Å².